The Kier molecular flexibility index (Phi) is 5.45. The van der Waals surface area contributed by atoms with E-state index in [0.29, 0.717) is 17.9 Å². The Morgan fingerprint density at radius 1 is 1.26 bits per heavy atom. The van der Waals surface area contributed by atoms with Crippen LogP contribution in [0.5, 0.6) is 0 Å². The second kappa shape index (κ2) is 8.14. The first-order valence-corrected chi connectivity index (χ1v) is 10.3. The van der Waals surface area contributed by atoms with Crippen LogP contribution in [0.4, 0.5) is 5.82 Å². The molecular weight excluding hydrogens is 364 g/mol. The van der Waals surface area contributed by atoms with Gasteiger partial charge in [-0.15, -0.1) is 0 Å². The molecule has 0 radical (unpaired) electrons. The highest BCUT2D eigenvalue weighted by Gasteiger charge is 2.25. The first-order valence-electron chi connectivity index (χ1n) is 9.11. The summed E-state index contributed by atoms with van der Waals surface area (Å²) in [5.74, 6) is 1.88. The smallest absolute Gasteiger partial charge is 0.256 e. The summed E-state index contributed by atoms with van der Waals surface area (Å²) in [5, 5.41) is 10.4. The first-order chi connectivity index (χ1) is 13.2. The molecule has 0 spiro atoms. The summed E-state index contributed by atoms with van der Waals surface area (Å²) >= 11 is 1.76. The van der Waals surface area contributed by atoms with Gasteiger partial charge >= 0.3 is 0 Å². The maximum absolute atomic E-state index is 12.6. The normalized spacial score (nSPS) is 18.3. The standard InChI is InChI=1S/C19H22N4O3S/c24-17(20-9-14-7-4-8-26-14)10-23-18(15-11-27-12-16(15)22-23)21-19(25)13-5-2-1-3-6-13/h1-3,5-6,14H,4,7-12H2,(H,20,24)(H,21,25). The van der Waals surface area contributed by atoms with Crippen LogP contribution >= 0.6 is 11.8 Å². The Morgan fingerprint density at radius 2 is 2.11 bits per heavy atom. The van der Waals surface area contributed by atoms with Crippen LogP contribution in [-0.4, -0.2) is 40.9 Å². The van der Waals surface area contributed by atoms with Crippen molar-refractivity contribution in [3.05, 3.63) is 47.2 Å². The third-order valence-corrected chi connectivity index (χ3v) is 5.70. The number of hydrogen-bond acceptors (Lipinski definition) is 5. The number of thioether (sulfide) groups is 1. The number of nitrogens with one attached hydrogen (secondary N) is 2. The van der Waals surface area contributed by atoms with Crippen molar-refractivity contribution in [1.82, 2.24) is 15.1 Å². The van der Waals surface area contributed by atoms with Gasteiger partial charge in [-0.1, -0.05) is 18.2 Å². The highest BCUT2D eigenvalue weighted by Crippen LogP contribution is 2.34. The quantitative estimate of drug-likeness (QED) is 0.795. The Morgan fingerprint density at radius 3 is 2.89 bits per heavy atom. The van der Waals surface area contributed by atoms with E-state index in [4.69, 9.17) is 4.74 Å². The summed E-state index contributed by atoms with van der Waals surface area (Å²) in [7, 11) is 0. The molecule has 2 aliphatic rings. The average Bonchev–Trinajstić information content (AvgIpc) is 3.41. The molecule has 27 heavy (non-hydrogen) atoms. The van der Waals surface area contributed by atoms with E-state index in [1.807, 2.05) is 18.2 Å². The molecule has 7 nitrogen and oxygen atoms in total. The highest BCUT2D eigenvalue weighted by atomic mass is 32.2. The number of ether oxygens (including phenoxy) is 1. The lowest BCUT2D eigenvalue weighted by Gasteiger charge is -2.13. The molecule has 2 aromatic rings. The number of carbonyl (C=O) groups excluding carboxylic acids is 2. The SMILES string of the molecule is O=C(Cn1nc2c(c1NC(=O)c1ccccc1)CSC2)NCC1CCCO1. The monoisotopic (exact) mass is 386 g/mol. The van der Waals surface area contributed by atoms with E-state index in [2.05, 4.69) is 15.7 Å². The second-order valence-corrected chi connectivity index (χ2v) is 7.67. The van der Waals surface area contributed by atoms with Crippen LogP contribution in [-0.2, 0) is 27.6 Å². The Labute approximate surface area is 161 Å². The van der Waals surface area contributed by atoms with Crippen molar-refractivity contribution in [2.75, 3.05) is 18.5 Å². The topological polar surface area (TPSA) is 85.2 Å². The average molecular weight is 386 g/mol. The summed E-state index contributed by atoms with van der Waals surface area (Å²) in [6.45, 7) is 1.36. The fraction of sp³-hybridized carbons (Fsp3) is 0.421. The molecule has 0 bridgehead atoms. The number of rotatable bonds is 6. The Hall–Kier alpha value is -2.32. The van der Waals surface area contributed by atoms with E-state index in [1.54, 1.807) is 28.6 Å². The van der Waals surface area contributed by atoms with Gasteiger partial charge in [0, 0.05) is 35.8 Å². The molecule has 3 heterocycles. The van der Waals surface area contributed by atoms with Gasteiger partial charge in [0.15, 0.2) is 0 Å². The van der Waals surface area contributed by atoms with Crippen molar-refractivity contribution < 1.29 is 14.3 Å². The van der Waals surface area contributed by atoms with Crippen molar-refractivity contribution in [3.63, 3.8) is 0 Å². The van der Waals surface area contributed by atoms with E-state index in [1.165, 1.54) is 0 Å². The molecular formula is C19H22N4O3S. The zero-order chi connectivity index (χ0) is 18.6. The van der Waals surface area contributed by atoms with E-state index >= 15 is 0 Å². The van der Waals surface area contributed by atoms with Crippen molar-refractivity contribution >= 4 is 29.4 Å². The lowest BCUT2D eigenvalue weighted by molar-refractivity contribution is -0.122. The van der Waals surface area contributed by atoms with Crippen LogP contribution in [0.25, 0.3) is 0 Å². The molecule has 142 valence electrons. The fourth-order valence-electron chi connectivity index (χ4n) is 3.31. The van der Waals surface area contributed by atoms with Gasteiger partial charge in [0.2, 0.25) is 5.91 Å². The predicted molar refractivity (Wildman–Crippen MR) is 104 cm³/mol. The summed E-state index contributed by atoms with van der Waals surface area (Å²) in [5.41, 5.74) is 2.53. The summed E-state index contributed by atoms with van der Waals surface area (Å²) < 4.78 is 7.14. The second-order valence-electron chi connectivity index (χ2n) is 6.68. The largest absolute Gasteiger partial charge is 0.376 e. The molecule has 1 atom stereocenters. The van der Waals surface area contributed by atoms with E-state index in [-0.39, 0.29) is 24.5 Å². The molecule has 2 aliphatic heterocycles. The van der Waals surface area contributed by atoms with Gasteiger partial charge in [0.05, 0.1) is 11.8 Å². The van der Waals surface area contributed by atoms with Gasteiger partial charge in [0.1, 0.15) is 12.4 Å². The number of carbonyl (C=O) groups is 2. The molecule has 1 aromatic heterocycles. The van der Waals surface area contributed by atoms with Crippen molar-refractivity contribution in [1.29, 1.82) is 0 Å². The predicted octanol–water partition coefficient (Wildman–Crippen LogP) is 2.18. The number of hydrogen-bond donors (Lipinski definition) is 2. The molecule has 1 aromatic carbocycles. The Bertz CT molecular complexity index is 831. The van der Waals surface area contributed by atoms with Gasteiger partial charge in [-0.05, 0) is 25.0 Å². The summed E-state index contributed by atoms with van der Waals surface area (Å²) in [6.07, 6.45) is 2.12. The minimum atomic E-state index is -0.198. The van der Waals surface area contributed by atoms with Gasteiger partial charge in [0.25, 0.3) is 5.91 Å². The van der Waals surface area contributed by atoms with Gasteiger partial charge in [-0.25, -0.2) is 4.68 Å². The number of amides is 2. The maximum Gasteiger partial charge on any atom is 0.256 e. The van der Waals surface area contributed by atoms with Gasteiger partial charge in [-0.2, -0.15) is 16.9 Å². The number of aromatic nitrogens is 2. The third-order valence-electron chi connectivity index (χ3n) is 4.73. The molecule has 2 amide bonds. The molecule has 4 rings (SSSR count). The van der Waals surface area contributed by atoms with Crippen LogP contribution < -0.4 is 10.6 Å². The zero-order valence-electron chi connectivity index (χ0n) is 14.9. The number of nitrogens with zero attached hydrogens (tertiary/aromatic N) is 2. The van der Waals surface area contributed by atoms with E-state index in [9.17, 15) is 9.59 Å². The van der Waals surface area contributed by atoms with E-state index in [0.717, 1.165) is 42.2 Å². The van der Waals surface area contributed by atoms with Gasteiger partial charge in [-0.3, -0.25) is 9.59 Å². The maximum atomic E-state index is 12.6. The van der Waals surface area contributed by atoms with Crippen molar-refractivity contribution in [2.45, 2.75) is 37.0 Å². The minimum absolute atomic E-state index is 0.0782. The molecule has 2 N–H and O–H groups in total. The number of benzene rings is 1. The first kappa shape index (κ1) is 18.1. The van der Waals surface area contributed by atoms with Crippen molar-refractivity contribution in [2.24, 2.45) is 0 Å². The third kappa shape index (κ3) is 4.17. The molecule has 8 heteroatoms. The minimum Gasteiger partial charge on any atom is -0.376 e. The molecule has 0 aliphatic carbocycles. The Balaban J connectivity index is 1.46. The highest BCUT2D eigenvalue weighted by molar-refractivity contribution is 7.98. The molecule has 1 saturated heterocycles. The lowest BCUT2D eigenvalue weighted by Crippen LogP contribution is -2.34. The van der Waals surface area contributed by atoms with Crippen molar-refractivity contribution in [3.8, 4) is 0 Å². The summed E-state index contributed by atoms with van der Waals surface area (Å²) in [4.78, 5) is 24.9. The number of fused-ring (bicyclic) bond motifs is 1. The van der Waals surface area contributed by atoms with Crippen LogP contribution in [0.1, 0.15) is 34.5 Å². The van der Waals surface area contributed by atoms with Crippen LogP contribution in [0.3, 0.4) is 0 Å². The lowest BCUT2D eigenvalue weighted by atomic mass is 10.2. The van der Waals surface area contributed by atoms with Crippen LogP contribution in [0.2, 0.25) is 0 Å². The number of anilines is 1. The summed E-state index contributed by atoms with van der Waals surface area (Å²) in [6, 6.07) is 9.04. The zero-order valence-corrected chi connectivity index (χ0v) is 15.8. The fourth-order valence-corrected chi connectivity index (χ4v) is 4.35. The van der Waals surface area contributed by atoms with Crippen LogP contribution in [0, 0.1) is 0 Å². The molecule has 0 saturated carbocycles. The van der Waals surface area contributed by atoms with Gasteiger partial charge < -0.3 is 15.4 Å². The molecule has 1 fully saturated rings. The van der Waals surface area contributed by atoms with Crippen LogP contribution in [0.15, 0.2) is 30.3 Å². The van der Waals surface area contributed by atoms with E-state index < -0.39 is 0 Å². The molecule has 1 unspecified atom stereocenters.